The molecule has 0 aromatic heterocycles. The number of ether oxygens (including phenoxy) is 1. The molecule has 2 aromatic carbocycles. The maximum absolute atomic E-state index is 12.3. The van der Waals surface area contributed by atoms with Gasteiger partial charge in [0.2, 0.25) is 5.91 Å². The van der Waals surface area contributed by atoms with E-state index in [0.29, 0.717) is 17.8 Å². The molecule has 0 aliphatic heterocycles. The van der Waals surface area contributed by atoms with Gasteiger partial charge in [0.15, 0.2) is 5.75 Å². The molecule has 0 unspecified atom stereocenters. The van der Waals surface area contributed by atoms with Crippen molar-refractivity contribution in [1.29, 1.82) is 0 Å². The maximum atomic E-state index is 12.3. The number of benzene rings is 2. The van der Waals surface area contributed by atoms with Crippen molar-refractivity contribution in [3.05, 3.63) is 58.1 Å². The summed E-state index contributed by atoms with van der Waals surface area (Å²) in [5, 5.41) is 16.4. The number of hydrogen-bond acceptors (Lipinski definition) is 5. The van der Waals surface area contributed by atoms with Crippen molar-refractivity contribution in [2.24, 2.45) is 0 Å². The van der Waals surface area contributed by atoms with Crippen LogP contribution in [0.4, 0.5) is 17.1 Å². The summed E-state index contributed by atoms with van der Waals surface area (Å²) in [6.07, 6.45) is 0.339. The van der Waals surface area contributed by atoms with E-state index < -0.39 is 10.8 Å². The quantitative estimate of drug-likeness (QED) is 0.618. The molecule has 8 heteroatoms. The van der Waals surface area contributed by atoms with E-state index in [4.69, 9.17) is 4.74 Å². The third-order valence-electron chi connectivity index (χ3n) is 3.36. The molecule has 8 nitrogen and oxygen atoms in total. The minimum Gasteiger partial charge on any atom is -0.490 e. The summed E-state index contributed by atoms with van der Waals surface area (Å²) in [5.74, 6) is -0.579. The van der Waals surface area contributed by atoms with Crippen molar-refractivity contribution in [1.82, 2.24) is 0 Å². The van der Waals surface area contributed by atoms with E-state index in [1.807, 2.05) is 0 Å². The van der Waals surface area contributed by atoms with Gasteiger partial charge in [0.05, 0.1) is 12.0 Å². The Bertz CT molecular complexity index is 820. The first-order valence-electron chi connectivity index (χ1n) is 7.48. The van der Waals surface area contributed by atoms with E-state index in [-0.39, 0.29) is 22.9 Å². The number of nitrogens with one attached hydrogen (secondary N) is 2. The first-order valence-corrected chi connectivity index (χ1v) is 7.48. The molecule has 0 radical (unpaired) electrons. The monoisotopic (exact) mass is 343 g/mol. The number of hydrogen-bond donors (Lipinski definition) is 2. The average molecular weight is 343 g/mol. The second-order valence-corrected chi connectivity index (χ2v) is 5.08. The predicted molar refractivity (Wildman–Crippen MR) is 93.0 cm³/mol. The molecule has 2 aromatic rings. The zero-order valence-corrected chi connectivity index (χ0v) is 13.7. The predicted octanol–water partition coefficient (Wildman–Crippen LogP) is 3.20. The van der Waals surface area contributed by atoms with Gasteiger partial charge in [0.25, 0.3) is 5.91 Å². The van der Waals surface area contributed by atoms with Gasteiger partial charge in [0, 0.05) is 29.4 Å². The van der Waals surface area contributed by atoms with Gasteiger partial charge in [-0.25, -0.2) is 0 Å². The van der Waals surface area contributed by atoms with Crippen molar-refractivity contribution in [3.63, 3.8) is 0 Å². The number of methoxy groups -OCH3 is 1. The number of anilines is 2. The molecule has 0 aliphatic carbocycles. The van der Waals surface area contributed by atoms with Gasteiger partial charge in [-0.15, -0.1) is 0 Å². The van der Waals surface area contributed by atoms with Gasteiger partial charge < -0.3 is 15.4 Å². The Morgan fingerprint density at radius 3 is 2.40 bits per heavy atom. The summed E-state index contributed by atoms with van der Waals surface area (Å²) < 4.78 is 4.91. The van der Waals surface area contributed by atoms with E-state index >= 15 is 0 Å². The Morgan fingerprint density at radius 1 is 1.12 bits per heavy atom. The summed E-state index contributed by atoms with van der Waals surface area (Å²) in [5.41, 5.74) is 0.831. The van der Waals surface area contributed by atoms with Crippen molar-refractivity contribution in [3.8, 4) is 5.75 Å². The van der Waals surface area contributed by atoms with E-state index in [9.17, 15) is 19.7 Å². The van der Waals surface area contributed by atoms with E-state index in [1.54, 1.807) is 31.2 Å². The number of carbonyl (C=O) groups excluding carboxylic acids is 2. The van der Waals surface area contributed by atoms with Gasteiger partial charge in [0.1, 0.15) is 0 Å². The van der Waals surface area contributed by atoms with Crippen LogP contribution >= 0.6 is 0 Å². The Kier molecular flexibility index (Phi) is 5.67. The van der Waals surface area contributed by atoms with Crippen LogP contribution in [0.3, 0.4) is 0 Å². The van der Waals surface area contributed by atoms with Crippen LogP contribution in [0.15, 0.2) is 42.5 Å². The molecule has 130 valence electrons. The number of nitro groups is 1. The lowest BCUT2D eigenvalue weighted by molar-refractivity contribution is -0.385. The van der Waals surface area contributed by atoms with Crippen LogP contribution in [-0.2, 0) is 4.79 Å². The Morgan fingerprint density at radius 2 is 1.80 bits per heavy atom. The zero-order valence-electron chi connectivity index (χ0n) is 13.7. The minimum atomic E-state index is -0.615. The number of rotatable bonds is 6. The third-order valence-corrected chi connectivity index (χ3v) is 3.36. The fourth-order valence-electron chi connectivity index (χ4n) is 2.10. The van der Waals surface area contributed by atoms with Crippen molar-refractivity contribution in [2.75, 3.05) is 17.7 Å². The van der Waals surface area contributed by atoms with Crippen LogP contribution < -0.4 is 15.4 Å². The molecule has 0 fully saturated rings. The van der Waals surface area contributed by atoms with Crippen LogP contribution in [-0.4, -0.2) is 23.8 Å². The lowest BCUT2D eigenvalue weighted by atomic mass is 10.1. The SMILES string of the molecule is CCC(=O)Nc1cccc(NC(=O)c2ccc(OC)c([N+](=O)[O-])c2)c1. The van der Waals surface area contributed by atoms with Gasteiger partial charge in [-0.2, -0.15) is 0 Å². The molecule has 2 amide bonds. The molecule has 0 aliphatic rings. The first kappa shape index (κ1) is 17.9. The minimum absolute atomic E-state index is 0.0748. The largest absolute Gasteiger partial charge is 0.490 e. The number of nitrogens with zero attached hydrogens (tertiary/aromatic N) is 1. The molecule has 25 heavy (non-hydrogen) atoms. The summed E-state index contributed by atoms with van der Waals surface area (Å²) in [4.78, 5) is 34.2. The molecular weight excluding hydrogens is 326 g/mol. The van der Waals surface area contributed by atoms with Crippen molar-refractivity contribution in [2.45, 2.75) is 13.3 Å². The van der Waals surface area contributed by atoms with Gasteiger partial charge in [-0.05, 0) is 30.3 Å². The highest BCUT2D eigenvalue weighted by molar-refractivity contribution is 6.05. The Balaban J connectivity index is 2.20. The summed E-state index contributed by atoms with van der Waals surface area (Å²) in [7, 11) is 1.32. The third kappa shape index (κ3) is 4.54. The molecular formula is C17H17N3O5. The van der Waals surface area contributed by atoms with Gasteiger partial charge >= 0.3 is 5.69 Å². The second kappa shape index (κ2) is 7.91. The normalized spacial score (nSPS) is 10.0. The molecule has 2 N–H and O–H groups in total. The zero-order chi connectivity index (χ0) is 18.4. The fraction of sp³-hybridized carbons (Fsp3) is 0.176. The molecule has 0 bridgehead atoms. The summed E-state index contributed by atoms with van der Waals surface area (Å²) in [6.45, 7) is 1.73. The second-order valence-electron chi connectivity index (χ2n) is 5.08. The van der Waals surface area contributed by atoms with Gasteiger partial charge in [-0.3, -0.25) is 19.7 Å². The lowest BCUT2D eigenvalue weighted by Gasteiger charge is -2.09. The standard InChI is InChI=1S/C17H17N3O5/c1-3-16(21)18-12-5-4-6-13(10-12)19-17(22)11-7-8-15(25-2)14(9-11)20(23)24/h4-10H,3H2,1-2H3,(H,18,21)(H,19,22). The van der Waals surface area contributed by atoms with Gasteiger partial charge in [-0.1, -0.05) is 13.0 Å². The first-order chi connectivity index (χ1) is 11.9. The molecule has 2 rings (SSSR count). The van der Waals surface area contributed by atoms with Crippen molar-refractivity contribution >= 4 is 28.9 Å². The maximum Gasteiger partial charge on any atom is 0.311 e. The molecule has 0 heterocycles. The number of nitro benzene ring substituents is 1. The topological polar surface area (TPSA) is 111 Å². The van der Waals surface area contributed by atoms with E-state index in [1.165, 1.54) is 19.2 Å². The molecule has 0 saturated carbocycles. The lowest BCUT2D eigenvalue weighted by Crippen LogP contribution is -2.13. The molecule has 0 spiro atoms. The van der Waals surface area contributed by atoms with Crippen molar-refractivity contribution < 1.29 is 19.2 Å². The molecule has 0 atom stereocenters. The van der Waals surface area contributed by atoms with Crippen LogP contribution in [0.5, 0.6) is 5.75 Å². The Labute approximate surface area is 144 Å². The highest BCUT2D eigenvalue weighted by atomic mass is 16.6. The Hall–Kier alpha value is -3.42. The van der Waals surface area contributed by atoms with Crippen LogP contribution in [0.25, 0.3) is 0 Å². The van der Waals surface area contributed by atoms with E-state index in [0.717, 1.165) is 6.07 Å². The highest BCUT2D eigenvalue weighted by Crippen LogP contribution is 2.28. The smallest absolute Gasteiger partial charge is 0.311 e. The molecule has 0 saturated heterocycles. The summed E-state index contributed by atoms with van der Waals surface area (Å²) >= 11 is 0. The van der Waals surface area contributed by atoms with Crippen LogP contribution in [0, 0.1) is 10.1 Å². The number of carbonyl (C=O) groups is 2. The highest BCUT2D eigenvalue weighted by Gasteiger charge is 2.18. The van der Waals surface area contributed by atoms with Crippen LogP contribution in [0.2, 0.25) is 0 Å². The average Bonchev–Trinajstić information content (AvgIpc) is 2.61. The summed E-state index contributed by atoms with van der Waals surface area (Å²) in [6, 6.07) is 10.6. The van der Waals surface area contributed by atoms with Crippen LogP contribution in [0.1, 0.15) is 23.7 Å². The number of amides is 2. The van der Waals surface area contributed by atoms with E-state index in [2.05, 4.69) is 10.6 Å². The fourth-order valence-corrected chi connectivity index (χ4v) is 2.10.